The van der Waals surface area contributed by atoms with Crippen LogP contribution < -0.4 is 0 Å². The number of aldehydes is 1. The van der Waals surface area contributed by atoms with Crippen LogP contribution >= 0.6 is 0 Å². The third-order valence-electron chi connectivity index (χ3n) is 2.50. The minimum absolute atomic E-state index is 0.226. The van der Waals surface area contributed by atoms with Crippen LogP contribution in [0.25, 0.3) is 0 Å². The first-order valence-electron chi connectivity index (χ1n) is 5.99. The molecule has 0 spiro atoms. The van der Waals surface area contributed by atoms with Crippen LogP contribution in [-0.2, 0) is 15.7 Å². The number of likely N-dealkylation sites (N-methyl/N-ethyl adjacent to an activating group) is 1. The SMILES string of the molecule is CN(C(=O)OC(C)(C)C)C(C=O)c1cn[nH]c1C(F)(F)F. The zero-order chi connectivity index (χ0) is 16.4. The van der Waals surface area contributed by atoms with Crippen molar-refractivity contribution in [2.24, 2.45) is 0 Å². The number of hydrogen-bond acceptors (Lipinski definition) is 4. The molecule has 1 N–H and O–H groups in total. The lowest BCUT2D eigenvalue weighted by atomic mass is 10.1. The lowest BCUT2D eigenvalue weighted by molar-refractivity contribution is -0.142. The van der Waals surface area contributed by atoms with Gasteiger partial charge in [-0.15, -0.1) is 0 Å². The number of alkyl halides is 3. The Kier molecular flexibility index (Phi) is 4.65. The van der Waals surface area contributed by atoms with Gasteiger partial charge >= 0.3 is 12.3 Å². The third-order valence-corrected chi connectivity index (χ3v) is 2.50. The van der Waals surface area contributed by atoms with Gasteiger partial charge in [0, 0.05) is 12.6 Å². The van der Waals surface area contributed by atoms with Crippen molar-refractivity contribution in [3.05, 3.63) is 17.5 Å². The van der Waals surface area contributed by atoms with E-state index in [1.165, 1.54) is 7.05 Å². The van der Waals surface area contributed by atoms with Gasteiger partial charge in [0.1, 0.15) is 23.6 Å². The van der Waals surface area contributed by atoms with E-state index in [0.717, 1.165) is 11.1 Å². The Morgan fingerprint density at radius 2 is 2.00 bits per heavy atom. The van der Waals surface area contributed by atoms with Gasteiger partial charge in [-0.1, -0.05) is 0 Å². The molecule has 1 aromatic rings. The molecular formula is C12H16F3N3O3. The van der Waals surface area contributed by atoms with Crippen molar-refractivity contribution in [2.75, 3.05) is 7.05 Å². The molecule has 1 amide bonds. The second-order valence-electron chi connectivity index (χ2n) is 5.37. The van der Waals surface area contributed by atoms with E-state index in [0.29, 0.717) is 0 Å². The standard InChI is InChI=1S/C12H16F3N3O3/c1-11(2,3)21-10(20)18(4)8(6-19)7-5-16-17-9(7)12(13,14)15/h5-6,8H,1-4H3,(H,16,17). The Hall–Kier alpha value is -2.06. The van der Waals surface area contributed by atoms with Crippen molar-refractivity contribution in [2.45, 2.75) is 38.6 Å². The summed E-state index contributed by atoms with van der Waals surface area (Å²) in [5.41, 5.74) is -2.44. The van der Waals surface area contributed by atoms with Gasteiger partial charge in [0.05, 0.1) is 6.20 Å². The normalized spacial score (nSPS) is 13.7. The topological polar surface area (TPSA) is 75.3 Å². The van der Waals surface area contributed by atoms with E-state index in [1.807, 2.05) is 0 Å². The highest BCUT2D eigenvalue weighted by Crippen LogP contribution is 2.34. The number of nitrogens with one attached hydrogen (secondary N) is 1. The fourth-order valence-corrected chi connectivity index (χ4v) is 1.57. The number of halogens is 3. The maximum absolute atomic E-state index is 12.8. The van der Waals surface area contributed by atoms with E-state index in [9.17, 15) is 22.8 Å². The van der Waals surface area contributed by atoms with E-state index < -0.39 is 35.2 Å². The van der Waals surface area contributed by atoms with Crippen LogP contribution in [-0.4, -0.2) is 40.1 Å². The Bertz CT molecular complexity index is 520. The fraction of sp³-hybridized carbons (Fsp3) is 0.583. The first kappa shape index (κ1) is 17.0. The molecule has 1 aromatic heterocycles. The molecule has 1 rings (SSSR count). The molecular weight excluding hydrogens is 291 g/mol. The summed E-state index contributed by atoms with van der Waals surface area (Å²) in [6.45, 7) is 4.81. The summed E-state index contributed by atoms with van der Waals surface area (Å²) in [7, 11) is 1.18. The molecule has 0 aliphatic heterocycles. The zero-order valence-corrected chi connectivity index (χ0v) is 12.0. The lowest BCUT2D eigenvalue weighted by Crippen LogP contribution is -2.37. The summed E-state index contributed by atoms with van der Waals surface area (Å²) < 4.78 is 43.4. The summed E-state index contributed by atoms with van der Waals surface area (Å²) in [5, 5.41) is 5.08. The number of amides is 1. The Labute approximate surface area is 119 Å². The molecule has 1 atom stereocenters. The number of carbonyl (C=O) groups excluding carboxylic acids is 2. The van der Waals surface area contributed by atoms with Gasteiger partial charge in [-0.25, -0.2) is 4.79 Å². The second-order valence-corrected chi connectivity index (χ2v) is 5.37. The van der Waals surface area contributed by atoms with Crippen LogP contribution in [0.3, 0.4) is 0 Å². The summed E-state index contributed by atoms with van der Waals surface area (Å²) in [5.74, 6) is 0. The van der Waals surface area contributed by atoms with Crippen LogP contribution in [0.15, 0.2) is 6.20 Å². The van der Waals surface area contributed by atoms with Gasteiger partial charge in [-0.05, 0) is 20.8 Å². The maximum atomic E-state index is 12.8. The highest BCUT2D eigenvalue weighted by Gasteiger charge is 2.39. The number of rotatable bonds is 3. The van der Waals surface area contributed by atoms with Crippen molar-refractivity contribution in [3.8, 4) is 0 Å². The molecule has 6 nitrogen and oxygen atoms in total. The van der Waals surface area contributed by atoms with Crippen molar-refractivity contribution in [1.82, 2.24) is 15.1 Å². The number of carbonyl (C=O) groups is 2. The smallest absolute Gasteiger partial charge is 0.433 e. The van der Waals surface area contributed by atoms with E-state index in [1.54, 1.807) is 25.9 Å². The fourth-order valence-electron chi connectivity index (χ4n) is 1.57. The molecule has 0 saturated carbocycles. The van der Waals surface area contributed by atoms with Gasteiger partial charge in [0.15, 0.2) is 0 Å². The van der Waals surface area contributed by atoms with Crippen molar-refractivity contribution in [1.29, 1.82) is 0 Å². The number of H-pyrrole nitrogens is 1. The van der Waals surface area contributed by atoms with Gasteiger partial charge in [-0.3, -0.25) is 10.00 Å². The highest BCUT2D eigenvalue weighted by atomic mass is 19.4. The molecule has 0 saturated heterocycles. The van der Waals surface area contributed by atoms with Gasteiger partial charge in [0.2, 0.25) is 0 Å². The van der Waals surface area contributed by atoms with Crippen LogP contribution in [0.2, 0.25) is 0 Å². The Morgan fingerprint density at radius 1 is 1.43 bits per heavy atom. The average Bonchev–Trinajstić information content (AvgIpc) is 2.76. The predicted molar refractivity (Wildman–Crippen MR) is 66.4 cm³/mol. The minimum Gasteiger partial charge on any atom is -0.444 e. The molecule has 0 aliphatic rings. The molecule has 0 aliphatic carbocycles. The first-order chi connectivity index (χ1) is 9.47. The van der Waals surface area contributed by atoms with Crippen LogP contribution in [0.4, 0.5) is 18.0 Å². The quantitative estimate of drug-likeness (QED) is 0.871. The number of nitrogens with zero attached hydrogens (tertiary/aromatic N) is 2. The average molecular weight is 307 g/mol. The van der Waals surface area contributed by atoms with Gasteiger partial charge < -0.3 is 9.53 Å². The van der Waals surface area contributed by atoms with Gasteiger partial charge in [0.25, 0.3) is 0 Å². The van der Waals surface area contributed by atoms with Gasteiger partial charge in [-0.2, -0.15) is 18.3 Å². The molecule has 0 aromatic carbocycles. The van der Waals surface area contributed by atoms with Crippen molar-refractivity contribution < 1.29 is 27.5 Å². The maximum Gasteiger partial charge on any atom is 0.433 e. The Morgan fingerprint density at radius 3 is 2.43 bits per heavy atom. The first-order valence-corrected chi connectivity index (χ1v) is 5.99. The van der Waals surface area contributed by atoms with Crippen molar-refractivity contribution >= 4 is 12.4 Å². The lowest BCUT2D eigenvalue weighted by Gasteiger charge is -2.28. The summed E-state index contributed by atoms with van der Waals surface area (Å²) >= 11 is 0. The van der Waals surface area contributed by atoms with E-state index in [4.69, 9.17) is 4.74 Å². The third kappa shape index (κ3) is 4.20. The molecule has 1 heterocycles. The monoisotopic (exact) mass is 307 g/mol. The molecule has 9 heteroatoms. The second kappa shape index (κ2) is 5.74. The van der Waals surface area contributed by atoms with E-state index >= 15 is 0 Å². The highest BCUT2D eigenvalue weighted by molar-refractivity contribution is 5.74. The predicted octanol–water partition coefficient (Wildman–Crippen LogP) is 2.54. The van der Waals surface area contributed by atoms with Crippen LogP contribution in [0.1, 0.15) is 38.1 Å². The molecule has 0 bridgehead atoms. The minimum atomic E-state index is -4.71. The molecule has 0 radical (unpaired) electrons. The Balaban J connectivity index is 3.07. The molecule has 21 heavy (non-hydrogen) atoms. The molecule has 118 valence electrons. The number of ether oxygens (including phenoxy) is 1. The number of aromatic nitrogens is 2. The van der Waals surface area contributed by atoms with E-state index in [2.05, 4.69) is 5.10 Å². The van der Waals surface area contributed by atoms with Crippen LogP contribution in [0, 0.1) is 0 Å². The molecule has 1 unspecified atom stereocenters. The van der Waals surface area contributed by atoms with Crippen LogP contribution in [0.5, 0.6) is 0 Å². The number of hydrogen-bond donors (Lipinski definition) is 1. The van der Waals surface area contributed by atoms with E-state index in [-0.39, 0.29) is 6.29 Å². The summed E-state index contributed by atoms with van der Waals surface area (Å²) in [4.78, 5) is 23.8. The van der Waals surface area contributed by atoms with Crippen molar-refractivity contribution in [3.63, 3.8) is 0 Å². The molecule has 0 fully saturated rings. The largest absolute Gasteiger partial charge is 0.444 e. The summed E-state index contributed by atoms with van der Waals surface area (Å²) in [6.07, 6.45) is -4.52. The number of aromatic amines is 1. The zero-order valence-electron chi connectivity index (χ0n) is 12.0. The summed E-state index contributed by atoms with van der Waals surface area (Å²) in [6, 6.07) is -1.45.